The summed E-state index contributed by atoms with van der Waals surface area (Å²) < 4.78 is 12.5. The molecule has 0 spiro atoms. The molecule has 31 heavy (non-hydrogen) atoms. The number of para-hydroxylation sites is 1. The molecule has 0 saturated carbocycles. The lowest BCUT2D eigenvalue weighted by molar-refractivity contribution is 0.354. The maximum Gasteiger partial charge on any atom is 0.262 e. The SMILES string of the molecule is COc1ccc(CCn2c(SCc3ccccc3)nc3ccccc3c2=O)cc1OC. The zero-order valence-corrected chi connectivity index (χ0v) is 18.4. The van der Waals surface area contributed by atoms with Gasteiger partial charge in [0.25, 0.3) is 5.56 Å². The highest BCUT2D eigenvalue weighted by atomic mass is 32.2. The van der Waals surface area contributed by atoms with E-state index in [1.165, 1.54) is 5.56 Å². The predicted molar refractivity (Wildman–Crippen MR) is 125 cm³/mol. The number of rotatable bonds is 8. The Morgan fingerprint density at radius 2 is 1.61 bits per heavy atom. The first-order valence-corrected chi connectivity index (χ1v) is 11.1. The van der Waals surface area contributed by atoms with E-state index in [4.69, 9.17) is 14.5 Å². The number of aromatic nitrogens is 2. The Bertz CT molecular complexity index is 1240. The first-order valence-electron chi connectivity index (χ1n) is 10.1. The van der Waals surface area contributed by atoms with E-state index in [0.717, 1.165) is 22.0 Å². The Balaban J connectivity index is 1.65. The van der Waals surface area contributed by atoms with Gasteiger partial charge < -0.3 is 9.47 Å². The molecule has 0 atom stereocenters. The molecule has 0 bridgehead atoms. The van der Waals surface area contributed by atoms with Crippen molar-refractivity contribution in [3.63, 3.8) is 0 Å². The molecule has 0 aliphatic carbocycles. The van der Waals surface area contributed by atoms with Crippen LogP contribution in [0.3, 0.4) is 0 Å². The van der Waals surface area contributed by atoms with Crippen LogP contribution in [-0.4, -0.2) is 23.8 Å². The van der Waals surface area contributed by atoms with E-state index in [2.05, 4.69) is 12.1 Å². The molecule has 3 aromatic carbocycles. The number of aryl methyl sites for hydroxylation is 1. The molecule has 0 radical (unpaired) electrons. The molecule has 4 aromatic rings. The second kappa shape index (κ2) is 9.71. The largest absolute Gasteiger partial charge is 0.493 e. The first kappa shape index (κ1) is 21.0. The molecule has 0 aliphatic rings. The van der Waals surface area contributed by atoms with Crippen molar-refractivity contribution in [1.29, 1.82) is 0 Å². The van der Waals surface area contributed by atoms with Gasteiger partial charge in [-0.05, 0) is 41.8 Å². The quantitative estimate of drug-likeness (QED) is 0.291. The summed E-state index contributed by atoms with van der Waals surface area (Å²) in [5.74, 6) is 2.12. The molecule has 1 heterocycles. The lowest BCUT2D eigenvalue weighted by Crippen LogP contribution is -2.24. The van der Waals surface area contributed by atoms with Crippen LogP contribution in [0.5, 0.6) is 11.5 Å². The number of benzene rings is 3. The number of nitrogens with zero attached hydrogens (tertiary/aromatic N) is 2. The average molecular weight is 433 g/mol. The van der Waals surface area contributed by atoms with Crippen molar-refractivity contribution in [1.82, 2.24) is 9.55 Å². The lowest BCUT2D eigenvalue weighted by Gasteiger charge is -2.14. The molecule has 158 valence electrons. The monoisotopic (exact) mass is 432 g/mol. The minimum Gasteiger partial charge on any atom is -0.493 e. The summed E-state index contributed by atoms with van der Waals surface area (Å²) >= 11 is 1.59. The van der Waals surface area contributed by atoms with E-state index in [1.807, 2.05) is 60.7 Å². The van der Waals surface area contributed by atoms with Crippen LogP contribution >= 0.6 is 11.8 Å². The number of thioether (sulfide) groups is 1. The Kier molecular flexibility index (Phi) is 6.57. The molecule has 6 heteroatoms. The molecule has 0 unspecified atom stereocenters. The zero-order valence-electron chi connectivity index (χ0n) is 17.6. The van der Waals surface area contributed by atoms with Gasteiger partial charge in [0.1, 0.15) is 0 Å². The molecule has 0 saturated heterocycles. The van der Waals surface area contributed by atoms with E-state index >= 15 is 0 Å². The number of hydrogen-bond donors (Lipinski definition) is 0. The van der Waals surface area contributed by atoms with Gasteiger partial charge in [0.2, 0.25) is 0 Å². The van der Waals surface area contributed by atoms with Gasteiger partial charge in [0.05, 0.1) is 25.1 Å². The summed E-state index contributed by atoms with van der Waals surface area (Å²) in [6.07, 6.45) is 0.680. The highest BCUT2D eigenvalue weighted by Crippen LogP contribution is 2.28. The van der Waals surface area contributed by atoms with E-state index < -0.39 is 0 Å². The van der Waals surface area contributed by atoms with Crippen molar-refractivity contribution in [3.05, 3.63) is 94.3 Å². The Morgan fingerprint density at radius 3 is 2.39 bits per heavy atom. The number of methoxy groups -OCH3 is 2. The molecule has 4 rings (SSSR count). The fourth-order valence-electron chi connectivity index (χ4n) is 3.45. The van der Waals surface area contributed by atoms with Gasteiger partial charge in [0.15, 0.2) is 16.7 Å². The third-order valence-corrected chi connectivity index (χ3v) is 6.16. The second-order valence-electron chi connectivity index (χ2n) is 7.08. The number of ether oxygens (including phenoxy) is 2. The number of fused-ring (bicyclic) bond motifs is 1. The van der Waals surface area contributed by atoms with Gasteiger partial charge in [-0.25, -0.2) is 4.98 Å². The van der Waals surface area contributed by atoms with Crippen LogP contribution in [0.1, 0.15) is 11.1 Å². The predicted octanol–water partition coefficient (Wildman–Crippen LogP) is 4.95. The van der Waals surface area contributed by atoms with E-state index in [-0.39, 0.29) is 5.56 Å². The van der Waals surface area contributed by atoms with Crippen molar-refractivity contribution >= 4 is 22.7 Å². The summed E-state index contributed by atoms with van der Waals surface area (Å²) in [5, 5.41) is 1.37. The van der Waals surface area contributed by atoms with Crippen molar-refractivity contribution in [3.8, 4) is 11.5 Å². The standard InChI is InChI=1S/C25H24N2O3S/c1-29-22-13-12-18(16-23(22)30-2)14-15-27-24(28)20-10-6-7-11-21(20)26-25(27)31-17-19-8-4-3-5-9-19/h3-13,16H,14-15,17H2,1-2H3. The summed E-state index contributed by atoms with van der Waals surface area (Å²) in [6.45, 7) is 0.531. The van der Waals surface area contributed by atoms with Crippen LogP contribution in [0.2, 0.25) is 0 Å². The smallest absolute Gasteiger partial charge is 0.262 e. The van der Waals surface area contributed by atoms with E-state index in [9.17, 15) is 4.79 Å². The lowest BCUT2D eigenvalue weighted by atomic mass is 10.1. The molecule has 5 nitrogen and oxygen atoms in total. The van der Waals surface area contributed by atoms with Gasteiger partial charge in [-0.2, -0.15) is 0 Å². The molecule has 1 aromatic heterocycles. The summed E-state index contributed by atoms with van der Waals surface area (Å²) in [7, 11) is 3.24. The Labute approximate surface area is 185 Å². The molecular weight excluding hydrogens is 408 g/mol. The van der Waals surface area contributed by atoms with Gasteiger partial charge in [-0.15, -0.1) is 0 Å². The fourth-order valence-corrected chi connectivity index (χ4v) is 4.44. The summed E-state index contributed by atoms with van der Waals surface area (Å²) in [5.41, 5.74) is 2.98. The van der Waals surface area contributed by atoms with Crippen molar-refractivity contribution in [2.24, 2.45) is 0 Å². The van der Waals surface area contributed by atoms with Crippen LogP contribution < -0.4 is 15.0 Å². The van der Waals surface area contributed by atoms with Crippen LogP contribution in [0, 0.1) is 0 Å². The summed E-state index contributed by atoms with van der Waals surface area (Å²) in [4.78, 5) is 18.1. The van der Waals surface area contributed by atoms with Gasteiger partial charge in [-0.1, -0.05) is 60.3 Å². The van der Waals surface area contributed by atoms with Crippen LogP contribution in [0.15, 0.2) is 82.7 Å². The molecule has 0 fully saturated rings. The van der Waals surface area contributed by atoms with Crippen molar-refractivity contribution < 1.29 is 9.47 Å². The van der Waals surface area contributed by atoms with E-state index in [1.54, 1.807) is 30.5 Å². The molecule has 0 amide bonds. The van der Waals surface area contributed by atoms with Gasteiger partial charge in [-0.3, -0.25) is 9.36 Å². The Morgan fingerprint density at radius 1 is 0.871 bits per heavy atom. The molecular formula is C25H24N2O3S. The first-order chi connectivity index (χ1) is 15.2. The third-order valence-electron chi connectivity index (χ3n) is 5.11. The van der Waals surface area contributed by atoms with Crippen LogP contribution in [0.4, 0.5) is 0 Å². The van der Waals surface area contributed by atoms with Crippen LogP contribution in [-0.2, 0) is 18.7 Å². The van der Waals surface area contributed by atoms with Gasteiger partial charge >= 0.3 is 0 Å². The maximum atomic E-state index is 13.3. The minimum absolute atomic E-state index is 0.0124. The van der Waals surface area contributed by atoms with Crippen molar-refractivity contribution in [2.75, 3.05) is 14.2 Å². The Hall–Kier alpha value is -3.25. The van der Waals surface area contributed by atoms with Crippen molar-refractivity contribution in [2.45, 2.75) is 23.9 Å². The average Bonchev–Trinajstić information content (AvgIpc) is 2.82. The topological polar surface area (TPSA) is 53.4 Å². The third kappa shape index (κ3) is 4.75. The van der Waals surface area contributed by atoms with E-state index in [0.29, 0.717) is 29.9 Å². The second-order valence-corrected chi connectivity index (χ2v) is 8.02. The van der Waals surface area contributed by atoms with Gasteiger partial charge in [0, 0.05) is 12.3 Å². The molecule has 0 aliphatic heterocycles. The maximum absolute atomic E-state index is 13.3. The normalized spacial score (nSPS) is 10.9. The zero-order chi connectivity index (χ0) is 21.6. The highest BCUT2D eigenvalue weighted by molar-refractivity contribution is 7.98. The fraction of sp³-hybridized carbons (Fsp3) is 0.200. The summed E-state index contributed by atoms with van der Waals surface area (Å²) in [6, 6.07) is 23.6. The van der Waals surface area contributed by atoms with Crippen LogP contribution in [0.25, 0.3) is 10.9 Å². The minimum atomic E-state index is -0.0124. The molecule has 0 N–H and O–H groups in total. The number of hydrogen-bond acceptors (Lipinski definition) is 5. The highest BCUT2D eigenvalue weighted by Gasteiger charge is 2.13.